The maximum atomic E-state index is 11.6. The van der Waals surface area contributed by atoms with Crippen LogP contribution >= 0.6 is 0 Å². The van der Waals surface area contributed by atoms with Crippen molar-refractivity contribution in [2.75, 3.05) is 6.61 Å². The third kappa shape index (κ3) is 11.4. The molecule has 0 aliphatic carbocycles. The largest absolute Gasteiger partial charge is 0.479 e. The molecule has 0 saturated carbocycles. The molecule has 5 N–H and O–H groups in total. The molecule has 0 unspecified atom stereocenters. The van der Waals surface area contributed by atoms with Crippen LogP contribution in [-0.4, -0.2) is 68.5 Å². The van der Waals surface area contributed by atoms with Gasteiger partial charge in [-0.2, -0.15) is 0 Å². The fraction of sp³-hybridized carbons (Fsp3) is 0.889. The molecular weight excluding hydrogens is 344 g/mol. The zero-order chi connectivity index (χ0) is 19.9. The van der Waals surface area contributed by atoms with E-state index < -0.39 is 43.0 Å². The van der Waals surface area contributed by atoms with Crippen LogP contribution in [0.25, 0.3) is 0 Å². The van der Waals surface area contributed by atoms with Gasteiger partial charge in [0.1, 0.15) is 24.9 Å². The number of hydrogen-bond acceptors (Lipinski definition) is 7. The number of rotatable bonds is 16. The van der Waals surface area contributed by atoms with Crippen molar-refractivity contribution in [3.63, 3.8) is 0 Å². The normalized spacial score (nSPS) is 15.9. The van der Waals surface area contributed by atoms with Gasteiger partial charge in [-0.3, -0.25) is 4.79 Å². The average molecular weight is 378 g/mol. The average Bonchev–Trinajstić information content (AvgIpc) is 2.62. The van der Waals surface area contributed by atoms with E-state index in [1.807, 2.05) is 0 Å². The molecule has 0 amide bonds. The second kappa shape index (κ2) is 14.9. The van der Waals surface area contributed by atoms with E-state index in [1.165, 1.54) is 32.1 Å². The third-order valence-corrected chi connectivity index (χ3v) is 4.22. The van der Waals surface area contributed by atoms with Crippen LogP contribution in [0.5, 0.6) is 0 Å². The monoisotopic (exact) mass is 378 g/mol. The number of unbranched alkanes of at least 4 members (excludes halogenated alkanes) is 8. The van der Waals surface area contributed by atoms with Gasteiger partial charge in [-0.05, 0) is 6.42 Å². The van der Waals surface area contributed by atoms with Crippen molar-refractivity contribution in [3.8, 4) is 0 Å². The highest BCUT2D eigenvalue weighted by Gasteiger charge is 2.34. The standard InChI is InChI=1S/C18H34O8/c1-2-3-4-5-6-7-8-9-10-11-14(20)26-12-13(19)15(21)16(22)17(23)18(24)25/h13,15-17,19,21-23H,2-12H2,1H3,(H,24,25)/t13-,15+,16-,17-/m1/s1. The lowest BCUT2D eigenvalue weighted by atomic mass is 10.0. The van der Waals surface area contributed by atoms with Crippen molar-refractivity contribution >= 4 is 11.9 Å². The Morgan fingerprint density at radius 1 is 0.808 bits per heavy atom. The van der Waals surface area contributed by atoms with Crippen LogP contribution < -0.4 is 0 Å². The van der Waals surface area contributed by atoms with Gasteiger partial charge in [0.15, 0.2) is 6.10 Å². The highest BCUT2D eigenvalue weighted by Crippen LogP contribution is 2.11. The number of aliphatic carboxylic acids is 1. The molecule has 0 radical (unpaired) electrons. The summed E-state index contributed by atoms with van der Waals surface area (Å²) in [6.45, 7) is 1.60. The summed E-state index contributed by atoms with van der Waals surface area (Å²) in [5, 5.41) is 46.2. The summed E-state index contributed by atoms with van der Waals surface area (Å²) in [6, 6.07) is 0. The number of aliphatic hydroxyl groups is 4. The highest BCUT2D eigenvalue weighted by molar-refractivity contribution is 5.72. The van der Waals surface area contributed by atoms with Gasteiger partial charge in [-0.25, -0.2) is 4.79 Å². The van der Waals surface area contributed by atoms with Crippen LogP contribution in [0.2, 0.25) is 0 Å². The second-order valence-electron chi connectivity index (χ2n) is 6.59. The number of ether oxygens (including phenoxy) is 1. The summed E-state index contributed by atoms with van der Waals surface area (Å²) < 4.78 is 4.80. The molecule has 0 bridgehead atoms. The maximum Gasteiger partial charge on any atom is 0.335 e. The van der Waals surface area contributed by atoms with Gasteiger partial charge < -0.3 is 30.3 Å². The number of esters is 1. The number of hydrogen-bond donors (Lipinski definition) is 5. The Hall–Kier alpha value is -1.22. The van der Waals surface area contributed by atoms with Crippen LogP contribution in [0.3, 0.4) is 0 Å². The molecule has 0 aromatic carbocycles. The predicted octanol–water partition coefficient (Wildman–Crippen LogP) is 0.979. The molecule has 8 nitrogen and oxygen atoms in total. The molecule has 4 atom stereocenters. The fourth-order valence-electron chi connectivity index (χ4n) is 2.49. The lowest BCUT2D eigenvalue weighted by Gasteiger charge is -2.24. The number of carbonyl (C=O) groups is 2. The second-order valence-corrected chi connectivity index (χ2v) is 6.59. The lowest BCUT2D eigenvalue weighted by Crippen LogP contribution is -2.49. The van der Waals surface area contributed by atoms with Crippen molar-refractivity contribution in [3.05, 3.63) is 0 Å². The van der Waals surface area contributed by atoms with E-state index in [0.29, 0.717) is 6.42 Å². The summed E-state index contributed by atoms with van der Waals surface area (Å²) in [6.07, 6.45) is 2.26. The SMILES string of the molecule is CCCCCCCCCCCC(=O)OC[C@@H](O)[C@H](O)[C@@H](O)[C@@H](O)C(=O)O. The zero-order valence-corrected chi connectivity index (χ0v) is 15.5. The summed E-state index contributed by atoms with van der Waals surface area (Å²) in [4.78, 5) is 22.1. The molecule has 0 aromatic rings. The lowest BCUT2D eigenvalue weighted by molar-refractivity contribution is -0.168. The van der Waals surface area contributed by atoms with E-state index in [-0.39, 0.29) is 6.42 Å². The van der Waals surface area contributed by atoms with Crippen LogP contribution in [0.1, 0.15) is 71.1 Å². The van der Waals surface area contributed by atoms with Crippen molar-refractivity contribution in [2.45, 2.75) is 95.5 Å². The van der Waals surface area contributed by atoms with Gasteiger partial charge in [0.05, 0.1) is 0 Å². The Bertz CT molecular complexity index is 387. The van der Waals surface area contributed by atoms with E-state index in [0.717, 1.165) is 19.3 Å². The minimum Gasteiger partial charge on any atom is -0.479 e. The number of carboxylic acid groups (broad SMARTS) is 1. The molecule has 0 rings (SSSR count). The minimum absolute atomic E-state index is 0.193. The molecule has 0 spiro atoms. The first-order valence-electron chi connectivity index (χ1n) is 9.42. The molecule has 0 aromatic heterocycles. The molecule has 0 heterocycles. The molecule has 0 aliphatic rings. The molecule has 0 aliphatic heterocycles. The summed E-state index contributed by atoms with van der Waals surface area (Å²) >= 11 is 0. The van der Waals surface area contributed by atoms with E-state index in [4.69, 9.17) is 14.9 Å². The molecule has 26 heavy (non-hydrogen) atoms. The van der Waals surface area contributed by atoms with Crippen molar-refractivity contribution < 1.29 is 39.9 Å². The predicted molar refractivity (Wildman–Crippen MR) is 94.5 cm³/mol. The topological polar surface area (TPSA) is 145 Å². The summed E-state index contributed by atoms with van der Waals surface area (Å²) in [7, 11) is 0. The van der Waals surface area contributed by atoms with Gasteiger partial charge in [0.2, 0.25) is 0 Å². The quantitative estimate of drug-likeness (QED) is 0.197. The number of aliphatic hydroxyl groups excluding tert-OH is 4. The molecule has 8 heteroatoms. The van der Waals surface area contributed by atoms with Gasteiger partial charge >= 0.3 is 11.9 Å². The van der Waals surface area contributed by atoms with Crippen LogP contribution in [0, 0.1) is 0 Å². The Balaban J connectivity index is 3.76. The fourth-order valence-corrected chi connectivity index (χ4v) is 2.49. The van der Waals surface area contributed by atoms with Crippen LogP contribution in [-0.2, 0) is 14.3 Å². The Morgan fingerprint density at radius 3 is 1.81 bits per heavy atom. The smallest absolute Gasteiger partial charge is 0.335 e. The zero-order valence-electron chi connectivity index (χ0n) is 15.5. The van der Waals surface area contributed by atoms with Gasteiger partial charge in [0.25, 0.3) is 0 Å². The summed E-state index contributed by atoms with van der Waals surface area (Å²) in [5.41, 5.74) is 0. The molecule has 0 fully saturated rings. The Morgan fingerprint density at radius 2 is 1.31 bits per heavy atom. The minimum atomic E-state index is -2.24. The number of carbonyl (C=O) groups excluding carboxylic acids is 1. The highest BCUT2D eigenvalue weighted by atomic mass is 16.5. The summed E-state index contributed by atoms with van der Waals surface area (Å²) in [5.74, 6) is -2.27. The van der Waals surface area contributed by atoms with E-state index in [1.54, 1.807) is 0 Å². The molecule has 154 valence electrons. The van der Waals surface area contributed by atoms with Crippen molar-refractivity contribution in [1.29, 1.82) is 0 Å². The van der Waals surface area contributed by atoms with Gasteiger partial charge in [-0.15, -0.1) is 0 Å². The van der Waals surface area contributed by atoms with Gasteiger partial charge in [-0.1, -0.05) is 58.3 Å². The van der Waals surface area contributed by atoms with E-state index >= 15 is 0 Å². The first-order chi connectivity index (χ1) is 12.3. The van der Waals surface area contributed by atoms with Crippen molar-refractivity contribution in [2.24, 2.45) is 0 Å². The van der Waals surface area contributed by atoms with Crippen LogP contribution in [0.4, 0.5) is 0 Å². The first-order valence-corrected chi connectivity index (χ1v) is 9.42. The third-order valence-electron chi connectivity index (χ3n) is 4.22. The Kier molecular flexibility index (Phi) is 14.2. The molecular formula is C18H34O8. The van der Waals surface area contributed by atoms with Crippen LogP contribution in [0.15, 0.2) is 0 Å². The maximum absolute atomic E-state index is 11.6. The van der Waals surface area contributed by atoms with E-state index in [9.17, 15) is 24.9 Å². The van der Waals surface area contributed by atoms with Crippen molar-refractivity contribution in [1.82, 2.24) is 0 Å². The first kappa shape index (κ1) is 24.8. The molecule has 0 saturated heterocycles. The Labute approximate surface area is 154 Å². The van der Waals surface area contributed by atoms with E-state index in [2.05, 4.69) is 6.92 Å². The number of carboxylic acids is 1. The van der Waals surface area contributed by atoms with Gasteiger partial charge in [0, 0.05) is 6.42 Å².